The molecule has 1 N–H and O–H groups in total. The zero-order valence-electron chi connectivity index (χ0n) is 15.1. The van der Waals surface area contributed by atoms with E-state index in [-0.39, 0.29) is 11.8 Å². The van der Waals surface area contributed by atoms with Crippen LogP contribution in [-0.4, -0.2) is 30.5 Å². The van der Waals surface area contributed by atoms with Gasteiger partial charge in [0, 0.05) is 13.1 Å². The van der Waals surface area contributed by atoms with Gasteiger partial charge in [-0.15, -0.1) is 0 Å². The Balaban J connectivity index is 1.30. The smallest absolute Gasteiger partial charge is 0.224 e. The number of nitrogens with one attached hydrogen (secondary N) is 1. The number of carbonyl (C=O) groups is 1. The van der Waals surface area contributed by atoms with Gasteiger partial charge in [-0.3, -0.25) is 9.69 Å². The van der Waals surface area contributed by atoms with E-state index in [1.165, 1.54) is 5.56 Å². The Bertz CT molecular complexity index is 742. The molecule has 5 heteroatoms. The number of nitrogens with zero attached hydrogens (tertiary/aromatic N) is 1. The first kappa shape index (κ1) is 17.2. The Morgan fingerprint density at radius 2 is 2.23 bits per heavy atom. The molecule has 2 aliphatic heterocycles. The number of hydrogen-bond donors (Lipinski definition) is 1. The van der Waals surface area contributed by atoms with Gasteiger partial charge in [0.2, 0.25) is 5.91 Å². The molecule has 1 aromatic carbocycles. The van der Waals surface area contributed by atoms with Crippen molar-refractivity contribution in [2.45, 2.75) is 38.8 Å². The number of ether oxygens (including phenoxy) is 1. The second-order valence-electron chi connectivity index (χ2n) is 7.27. The number of likely N-dealkylation sites (tertiary alicyclic amines) is 1. The molecule has 0 saturated carbocycles. The molecule has 0 radical (unpaired) electrons. The highest BCUT2D eigenvalue weighted by Crippen LogP contribution is 2.25. The number of piperidine rings is 1. The number of benzene rings is 1. The molecular weight excluding hydrogens is 328 g/mol. The number of furan rings is 1. The number of amides is 1. The van der Waals surface area contributed by atoms with Gasteiger partial charge in [-0.2, -0.15) is 0 Å². The van der Waals surface area contributed by atoms with Crippen LogP contribution in [0.5, 0.6) is 5.75 Å². The van der Waals surface area contributed by atoms with Gasteiger partial charge < -0.3 is 14.5 Å². The van der Waals surface area contributed by atoms with Crippen LogP contribution in [0, 0.1) is 5.92 Å². The Labute approximate surface area is 154 Å². The lowest BCUT2D eigenvalue weighted by molar-refractivity contribution is -0.127. The van der Waals surface area contributed by atoms with Gasteiger partial charge in [-0.05, 0) is 61.6 Å². The number of carbonyl (C=O) groups excluding carboxylic acids is 1. The summed E-state index contributed by atoms with van der Waals surface area (Å²) in [4.78, 5) is 14.9. The van der Waals surface area contributed by atoms with Gasteiger partial charge in [0.15, 0.2) is 0 Å². The Morgan fingerprint density at radius 3 is 3.12 bits per heavy atom. The molecule has 1 saturated heterocycles. The molecule has 1 aromatic heterocycles. The Hall–Kier alpha value is -2.27. The molecule has 138 valence electrons. The molecule has 1 fully saturated rings. The molecule has 2 aliphatic rings. The van der Waals surface area contributed by atoms with E-state index in [1.54, 1.807) is 6.26 Å². The van der Waals surface area contributed by atoms with E-state index in [2.05, 4.69) is 22.3 Å². The monoisotopic (exact) mass is 354 g/mol. The summed E-state index contributed by atoms with van der Waals surface area (Å²) in [6.07, 6.45) is 5.83. The summed E-state index contributed by atoms with van der Waals surface area (Å²) in [5.74, 6) is 2.16. The molecule has 5 nitrogen and oxygen atoms in total. The second kappa shape index (κ2) is 7.96. The summed E-state index contributed by atoms with van der Waals surface area (Å²) in [6, 6.07) is 10.1. The number of aryl methyl sites for hydroxylation is 1. The third-order valence-electron chi connectivity index (χ3n) is 5.28. The maximum absolute atomic E-state index is 12.6. The number of rotatable bonds is 5. The van der Waals surface area contributed by atoms with Crippen LogP contribution in [0.25, 0.3) is 0 Å². The topological polar surface area (TPSA) is 54.7 Å². The van der Waals surface area contributed by atoms with Crippen molar-refractivity contribution >= 4 is 5.91 Å². The summed E-state index contributed by atoms with van der Waals surface area (Å²) in [5.41, 5.74) is 2.40. The van der Waals surface area contributed by atoms with Crippen molar-refractivity contribution in [3.63, 3.8) is 0 Å². The van der Waals surface area contributed by atoms with Crippen molar-refractivity contribution < 1.29 is 13.9 Å². The highest BCUT2D eigenvalue weighted by atomic mass is 16.5. The van der Waals surface area contributed by atoms with Gasteiger partial charge in [-0.1, -0.05) is 12.1 Å². The summed E-state index contributed by atoms with van der Waals surface area (Å²) in [7, 11) is 0. The van der Waals surface area contributed by atoms with Crippen LogP contribution < -0.4 is 10.1 Å². The van der Waals surface area contributed by atoms with Crippen molar-refractivity contribution in [3.8, 4) is 5.75 Å². The predicted molar refractivity (Wildman–Crippen MR) is 98.8 cm³/mol. The largest absolute Gasteiger partial charge is 0.493 e. The molecule has 0 aliphatic carbocycles. The SMILES string of the molecule is O=C(NCc1ccc2c(c1)CCCO2)C1CCCN(Cc2ccco2)C1. The van der Waals surface area contributed by atoms with Crippen molar-refractivity contribution in [1.82, 2.24) is 10.2 Å². The van der Waals surface area contributed by atoms with E-state index in [1.807, 2.05) is 18.2 Å². The van der Waals surface area contributed by atoms with Crippen molar-refractivity contribution in [2.24, 2.45) is 5.92 Å². The van der Waals surface area contributed by atoms with Gasteiger partial charge in [0.05, 0.1) is 25.3 Å². The second-order valence-corrected chi connectivity index (χ2v) is 7.27. The average Bonchev–Trinajstić information content (AvgIpc) is 3.19. The van der Waals surface area contributed by atoms with Crippen LogP contribution in [0.4, 0.5) is 0 Å². The molecule has 1 unspecified atom stereocenters. The molecule has 3 heterocycles. The standard InChI is InChI=1S/C21H26N2O3/c24-21(18-4-1-9-23(14-18)15-19-6-3-10-25-19)22-13-16-7-8-20-17(12-16)5-2-11-26-20/h3,6-8,10,12,18H,1-2,4-5,9,11,13-15H2,(H,22,24). The quantitative estimate of drug-likeness (QED) is 0.896. The van der Waals surface area contributed by atoms with E-state index in [9.17, 15) is 4.79 Å². The number of hydrogen-bond acceptors (Lipinski definition) is 4. The van der Waals surface area contributed by atoms with Crippen LogP contribution in [0.2, 0.25) is 0 Å². The average molecular weight is 354 g/mol. The van der Waals surface area contributed by atoms with Gasteiger partial charge in [0.25, 0.3) is 0 Å². The van der Waals surface area contributed by atoms with Crippen LogP contribution in [0.1, 0.15) is 36.1 Å². The number of fused-ring (bicyclic) bond motifs is 1. The minimum absolute atomic E-state index is 0.0553. The van der Waals surface area contributed by atoms with E-state index >= 15 is 0 Å². The lowest BCUT2D eigenvalue weighted by atomic mass is 9.96. The van der Waals surface area contributed by atoms with E-state index < -0.39 is 0 Å². The predicted octanol–water partition coefficient (Wildman–Crippen LogP) is 3.13. The molecule has 2 aromatic rings. The summed E-state index contributed by atoms with van der Waals surface area (Å²) < 4.78 is 11.1. The van der Waals surface area contributed by atoms with Crippen LogP contribution in [-0.2, 0) is 24.3 Å². The first-order valence-corrected chi connectivity index (χ1v) is 9.55. The maximum atomic E-state index is 12.6. The fourth-order valence-electron chi connectivity index (χ4n) is 3.89. The first-order chi connectivity index (χ1) is 12.8. The lowest BCUT2D eigenvalue weighted by Gasteiger charge is -2.31. The van der Waals surface area contributed by atoms with Crippen molar-refractivity contribution in [3.05, 3.63) is 53.5 Å². The molecule has 4 rings (SSSR count). The Kier molecular flexibility index (Phi) is 5.25. The minimum atomic E-state index is 0.0553. The van der Waals surface area contributed by atoms with E-state index in [0.29, 0.717) is 6.54 Å². The first-order valence-electron chi connectivity index (χ1n) is 9.55. The zero-order valence-corrected chi connectivity index (χ0v) is 15.1. The summed E-state index contributed by atoms with van der Waals surface area (Å²) >= 11 is 0. The maximum Gasteiger partial charge on any atom is 0.224 e. The third-order valence-corrected chi connectivity index (χ3v) is 5.28. The molecule has 0 spiro atoms. The van der Waals surface area contributed by atoms with Gasteiger partial charge >= 0.3 is 0 Å². The summed E-state index contributed by atoms with van der Waals surface area (Å²) in [6.45, 7) is 3.99. The third kappa shape index (κ3) is 4.10. The lowest BCUT2D eigenvalue weighted by Crippen LogP contribution is -2.42. The van der Waals surface area contributed by atoms with Crippen LogP contribution in [0.3, 0.4) is 0 Å². The molecular formula is C21H26N2O3. The highest BCUT2D eigenvalue weighted by Gasteiger charge is 2.26. The van der Waals surface area contributed by atoms with Gasteiger partial charge in [-0.25, -0.2) is 0 Å². The normalized spacial score (nSPS) is 20.2. The molecule has 1 amide bonds. The fourth-order valence-corrected chi connectivity index (χ4v) is 3.89. The van der Waals surface area contributed by atoms with Gasteiger partial charge in [0.1, 0.15) is 11.5 Å². The highest BCUT2D eigenvalue weighted by molar-refractivity contribution is 5.79. The molecule has 0 bridgehead atoms. The zero-order chi connectivity index (χ0) is 17.8. The fraction of sp³-hybridized carbons (Fsp3) is 0.476. The van der Waals surface area contributed by atoms with Crippen LogP contribution >= 0.6 is 0 Å². The molecule has 26 heavy (non-hydrogen) atoms. The van der Waals surface area contributed by atoms with Crippen molar-refractivity contribution in [1.29, 1.82) is 0 Å². The van der Waals surface area contributed by atoms with E-state index in [4.69, 9.17) is 9.15 Å². The van der Waals surface area contributed by atoms with Crippen molar-refractivity contribution in [2.75, 3.05) is 19.7 Å². The minimum Gasteiger partial charge on any atom is -0.493 e. The van der Waals surface area contributed by atoms with E-state index in [0.717, 1.165) is 69.0 Å². The Morgan fingerprint density at radius 1 is 1.27 bits per heavy atom. The van der Waals surface area contributed by atoms with Crippen LogP contribution in [0.15, 0.2) is 41.0 Å². The summed E-state index contributed by atoms with van der Waals surface area (Å²) in [5, 5.41) is 3.13. The molecule has 1 atom stereocenters.